The number of nitrogens with one attached hydrogen (secondary N) is 2. The Morgan fingerprint density at radius 1 is 1.16 bits per heavy atom. The third kappa shape index (κ3) is 3.95. The third-order valence-electron chi connectivity index (χ3n) is 4.06. The number of anilines is 1. The van der Waals surface area contributed by atoms with Crippen LogP contribution in [0.3, 0.4) is 0 Å². The Bertz CT molecular complexity index is 853. The number of aromatic amines is 1. The lowest BCUT2D eigenvalue weighted by Crippen LogP contribution is -2.41. The Labute approximate surface area is 144 Å². The van der Waals surface area contributed by atoms with Crippen LogP contribution in [0.1, 0.15) is 26.3 Å². The molecular formula is C18H19N3O4. The molecule has 7 nitrogen and oxygen atoms in total. The first-order chi connectivity index (χ1) is 12.0. The van der Waals surface area contributed by atoms with Crippen LogP contribution in [-0.4, -0.2) is 48.0 Å². The molecule has 0 unspecified atom stereocenters. The van der Waals surface area contributed by atoms with Gasteiger partial charge in [-0.15, -0.1) is 0 Å². The molecule has 25 heavy (non-hydrogen) atoms. The number of aromatic nitrogens is 1. The van der Waals surface area contributed by atoms with Crippen molar-refractivity contribution >= 4 is 17.5 Å². The summed E-state index contributed by atoms with van der Waals surface area (Å²) < 4.78 is 5.27. The Kier molecular flexibility index (Phi) is 4.95. The molecule has 1 aromatic carbocycles. The molecule has 0 radical (unpaired) electrons. The molecule has 2 amide bonds. The second-order valence-electron chi connectivity index (χ2n) is 5.83. The molecule has 3 rings (SSSR count). The smallest absolute Gasteiger partial charge is 0.255 e. The molecule has 1 aromatic heterocycles. The zero-order valence-electron chi connectivity index (χ0n) is 13.9. The summed E-state index contributed by atoms with van der Waals surface area (Å²) in [5, 5.41) is 2.72. The van der Waals surface area contributed by atoms with E-state index in [1.54, 1.807) is 23.1 Å². The van der Waals surface area contributed by atoms with Crippen molar-refractivity contribution in [3.63, 3.8) is 0 Å². The molecule has 0 spiro atoms. The number of morpholine rings is 1. The Morgan fingerprint density at radius 2 is 1.92 bits per heavy atom. The molecule has 2 heterocycles. The number of amides is 2. The van der Waals surface area contributed by atoms with E-state index in [-0.39, 0.29) is 17.0 Å². The lowest BCUT2D eigenvalue weighted by Gasteiger charge is -2.27. The van der Waals surface area contributed by atoms with E-state index >= 15 is 0 Å². The molecule has 0 bridgehead atoms. The van der Waals surface area contributed by atoms with E-state index < -0.39 is 5.91 Å². The van der Waals surface area contributed by atoms with Crippen LogP contribution in [0.4, 0.5) is 5.69 Å². The summed E-state index contributed by atoms with van der Waals surface area (Å²) in [5.41, 5.74) is 1.80. The Hall–Kier alpha value is -2.93. The van der Waals surface area contributed by atoms with Crippen molar-refractivity contribution in [1.82, 2.24) is 9.88 Å². The summed E-state index contributed by atoms with van der Waals surface area (Å²) in [6, 6.07) is 7.93. The SMILES string of the molecule is Cc1ccc(NC(=O)c2cc[nH]c(=O)c2)cc1C(=O)N1CCOCC1. The minimum Gasteiger partial charge on any atom is -0.378 e. The Morgan fingerprint density at radius 3 is 2.64 bits per heavy atom. The molecule has 2 aromatic rings. The second-order valence-corrected chi connectivity index (χ2v) is 5.83. The Balaban J connectivity index is 1.80. The average molecular weight is 341 g/mol. The van der Waals surface area contributed by atoms with Crippen molar-refractivity contribution in [3.05, 3.63) is 63.6 Å². The fourth-order valence-electron chi connectivity index (χ4n) is 2.66. The van der Waals surface area contributed by atoms with Gasteiger partial charge >= 0.3 is 0 Å². The van der Waals surface area contributed by atoms with Gasteiger partial charge in [-0.3, -0.25) is 14.4 Å². The number of ether oxygens (including phenoxy) is 1. The number of pyridine rings is 1. The molecule has 1 aliphatic rings. The standard InChI is InChI=1S/C18H19N3O4/c1-12-2-3-14(20-17(23)13-4-5-19-16(22)10-13)11-15(12)18(24)21-6-8-25-9-7-21/h2-5,10-11H,6-9H2,1H3,(H,19,22)(H,20,23). The first kappa shape index (κ1) is 16.9. The van der Waals surface area contributed by atoms with E-state index in [0.717, 1.165) is 5.56 Å². The van der Waals surface area contributed by atoms with Gasteiger partial charge in [-0.1, -0.05) is 6.07 Å². The first-order valence-electron chi connectivity index (χ1n) is 8.02. The number of rotatable bonds is 3. The molecular weight excluding hydrogens is 322 g/mol. The fourth-order valence-corrected chi connectivity index (χ4v) is 2.66. The number of carbonyl (C=O) groups is 2. The molecule has 2 N–H and O–H groups in total. The zero-order chi connectivity index (χ0) is 17.8. The van der Waals surface area contributed by atoms with Crippen molar-refractivity contribution in [2.45, 2.75) is 6.92 Å². The highest BCUT2D eigenvalue weighted by Crippen LogP contribution is 2.18. The maximum absolute atomic E-state index is 12.7. The van der Waals surface area contributed by atoms with Gasteiger partial charge in [-0.05, 0) is 30.7 Å². The number of hydrogen-bond acceptors (Lipinski definition) is 4. The van der Waals surface area contributed by atoms with Crippen molar-refractivity contribution < 1.29 is 14.3 Å². The maximum Gasteiger partial charge on any atom is 0.255 e. The van der Waals surface area contributed by atoms with Gasteiger partial charge in [0.05, 0.1) is 13.2 Å². The quantitative estimate of drug-likeness (QED) is 0.883. The highest BCUT2D eigenvalue weighted by atomic mass is 16.5. The van der Waals surface area contributed by atoms with Crippen molar-refractivity contribution in [1.29, 1.82) is 0 Å². The first-order valence-corrected chi connectivity index (χ1v) is 8.02. The highest BCUT2D eigenvalue weighted by molar-refractivity contribution is 6.05. The fraction of sp³-hybridized carbons (Fsp3) is 0.278. The van der Waals surface area contributed by atoms with E-state index in [1.165, 1.54) is 18.3 Å². The van der Waals surface area contributed by atoms with E-state index in [9.17, 15) is 14.4 Å². The summed E-state index contributed by atoms with van der Waals surface area (Å²) in [7, 11) is 0. The predicted molar refractivity (Wildman–Crippen MR) is 92.9 cm³/mol. The predicted octanol–water partition coefficient (Wildman–Crippen LogP) is 1.41. The summed E-state index contributed by atoms with van der Waals surface area (Å²) in [4.78, 5) is 40.5. The molecule has 1 fully saturated rings. The highest BCUT2D eigenvalue weighted by Gasteiger charge is 2.20. The van der Waals surface area contributed by atoms with Gasteiger partial charge in [-0.2, -0.15) is 0 Å². The number of benzene rings is 1. The second kappa shape index (κ2) is 7.31. The largest absolute Gasteiger partial charge is 0.378 e. The van der Waals surface area contributed by atoms with E-state index in [1.807, 2.05) is 6.92 Å². The van der Waals surface area contributed by atoms with Crippen molar-refractivity contribution in [3.8, 4) is 0 Å². The molecule has 1 saturated heterocycles. The molecule has 1 aliphatic heterocycles. The number of carbonyl (C=O) groups excluding carboxylic acids is 2. The molecule has 7 heteroatoms. The molecule has 0 saturated carbocycles. The van der Waals surface area contributed by atoms with Crippen LogP contribution in [-0.2, 0) is 4.74 Å². The van der Waals surface area contributed by atoms with Gasteiger partial charge in [0.15, 0.2) is 0 Å². The summed E-state index contributed by atoms with van der Waals surface area (Å²) in [6.07, 6.45) is 1.42. The van der Waals surface area contributed by atoms with Crippen LogP contribution in [0.5, 0.6) is 0 Å². The van der Waals surface area contributed by atoms with Crippen LogP contribution >= 0.6 is 0 Å². The third-order valence-corrected chi connectivity index (χ3v) is 4.06. The van der Waals surface area contributed by atoms with Crippen LogP contribution in [0.15, 0.2) is 41.3 Å². The van der Waals surface area contributed by atoms with Gasteiger partial charge < -0.3 is 19.9 Å². The van der Waals surface area contributed by atoms with Crippen molar-refractivity contribution in [2.75, 3.05) is 31.6 Å². The van der Waals surface area contributed by atoms with Crippen LogP contribution in [0, 0.1) is 6.92 Å². The summed E-state index contributed by atoms with van der Waals surface area (Å²) >= 11 is 0. The van der Waals surface area contributed by atoms with E-state index in [4.69, 9.17) is 4.74 Å². The number of hydrogen-bond donors (Lipinski definition) is 2. The average Bonchev–Trinajstić information content (AvgIpc) is 2.63. The van der Waals surface area contributed by atoms with Crippen LogP contribution in [0.25, 0.3) is 0 Å². The lowest BCUT2D eigenvalue weighted by molar-refractivity contribution is 0.0302. The van der Waals surface area contributed by atoms with Crippen molar-refractivity contribution in [2.24, 2.45) is 0 Å². The molecule has 0 aliphatic carbocycles. The normalized spacial score (nSPS) is 14.2. The monoisotopic (exact) mass is 341 g/mol. The van der Waals surface area contributed by atoms with Gasteiger partial charge in [0.1, 0.15) is 0 Å². The number of H-pyrrole nitrogens is 1. The molecule has 130 valence electrons. The van der Waals surface area contributed by atoms with E-state index in [0.29, 0.717) is 37.6 Å². The summed E-state index contributed by atoms with van der Waals surface area (Å²) in [5.74, 6) is -0.479. The number of nitrogens with zero attached hydrogens (tertiary/aromatic N) is 1. The minimum atomic E-state index is -0.403. The topological polar surface area (TPSA) is 91.5 Å². The van der Waals surface area contributed by atoms with Gasteiger partial charge in [0.2, 0.25) is 5.56 Å². The minimum absolute atomic E-state index is 0.0759. The zero-order valence-corrected chi connectivity index (χ0v) is 13.9. The summed E-state index contributed by atoms with van der Waals surface area (Å²) in [6.45, 7) is 4.03. The van der Waals surface area contributed by atoms with Gasteiger partial charge in [-0.25, -0.2) is 0 Å². The maximum atomic E-state index is 12.7. The van der Waals surface area contributed by atoms with Gasteiger partial charge in [0.25, 0.3) is 11.8 Å². The number of aryl methyl sites for hydroxylation is 1. The molecule has 0 atom stereocenters. The van der Waals surface area contributed by atoms with Gasteiger partial charge in [0, 0.05) is 42.2 Å². The van der Waals surface area contributed by atoms with E-state index in [2.05, 4.69) is 10.3 Å². The lowest BCUT2D eigenvalue weighted by atomic mass is 10.1. The van der Waals surface area contributed by atoms with Crippen LogP contribution in [0.2, 0.25) is 0 Å². The van der Waals surface area contributed by atoms with Crippen LogP contribution < -0.4 is 10.9 Å².